The first-order chi connectivity index (χ1) is 34.5. The normalized spacial score (nSPS) is 26.3. The van der Waals surface area contributed by atoms with E-state index < -0.39 is 48.8 Å². The van der Waals surface area contributed by atoms with E-state index in [2.05, 4.69) is 62.9 Å². The Hall–Kier alpha value is -5.82. The number of pyridine rings is 1. The molecule has 6 aliphatic rings. The molecule has 5 fully saturated rings. The number of methoxy groups -OCH3 is 1. The minimum atomic E-state index is -4.69. The van der Waals surface area contributed by atoms with Gasteiger partial charge in [-0.05, 0) is 143 Å². The second-order valence-corrected chi connectivity index (χ2v) is 23.5. The number of rotatable bonds is 13. The average Bonchev–Trinajstić information content (AvgIpc) is 4.16. The molecule has 11 rings (SSSR count). The van der Waals surface area contributed by atoms with Gasteiger partial charge in [-0.3, -0.25) is 19.8 Å². The summed E-state index contributed by atoms with van der Waals surface area (Å²) in [6.07, 6.45) is 9.60. The minimum Gasteiger partial charge on any atom is -0.468 e. The number of nitro benzene ring substituents is 1. The third-order valence-electron chi connectivity index (χ3n) is 17.1. The number of hydrogen-bond acceptors (Lipinski definition) is 13. The number of halogens is 1. The third-order valence-corrected chi connectivity index (χ3v) is 18.4. The number of ether oxygens (including phenoxy) is 3. The van der Waals surface area contributed by atoms with Gasteiger partial charge in [-0.15, -0.1) is 0 Å². The van der Waals surface area contributed by atoms with Crippen molar-refractivity contribution in [2.75, 3.05) is 61.6 Å². The Bertz CT molecular complexity index is 3000. The summed E-state index contributed by atoms with van der Waals surface area (Å²) in [7, 11) is -3.08. The zero-order valence-corrected chi connectivity index (χ0v) is 42.3. The van der Waals surface area contributed by atoms with Gasteiger partial charge in [-0.1, -0.05) is 38.1 Å². The van der Waals surface area contributed by atoms with Gasteiger partial charge in [0.15, 0.2) is 0 Å². The van der Waals surface area contributed by atoms with Crippen molar-refractivity contribution >= 4 is 55.4 Å². The van der Waals surface area contributed by atoms with Crippen LogP contribution in [0.4, 0.5) is 32.8 Å². The van der Waals surface area contributed by atoms with E-state index in [1.165, 1.54) is 48.9 Å². The molecule has 6 heterocycles. The van der Waals surface area contributed by atoms with E-state index in [4.69, 9.17) is 19.2 Å². The second-order valence-electron chi connectivity index (χ2n) is 21.8. The van der Waals surface area contributed by atoms with E-state index in [9.17, 15) is 23.3 Å². The zero-order chi connectivity index (χ0) is 50.2. The number of piperidine rings is 1. The number of nitro groups is 1. The molecule has 0 bridgehead atoms. The Balaban J connectivity index is 0.853. The molecule has 3 atom stereocenters. The number of alkyl halides is 1. The maximum atomic E-state index is 15.9. The molecule has 4 aliphatic heterocycles. The lowest BCUT2D eigenvalue weighted by atomic mass is 9.59. The lowest BCUT2D eigenvalue weighted by Crippen LogP contribution is -2.55. The summed E-state index contributed by atoms with van der Waals surface area (Å²) < 4.78 is 64.4. The first kappa shape index (κ1) is 48.4. The lowest BCUT2D eigenvalue weighted by molar-refractivity contribution is -0.384. The highest BCUT2D eigenvalue weighted by molar-refractivity contribution is 7.90. The van der Waals surface area contributed by atoms with Crippen molar-refractivity contribution in [1.82, 2.24) is 19.6 Å². The van der Waals surface area contributed by atoms with Crippen LogP contribution in [0.25, 0.3) is 11.0 Å². The van der Waals surface area contributed by atoms with Crippen molar-refractivity contribution in [3.05, 3.63) is 106 Å². The number of anilines is 4. The van der Waals surface area contributed by atoms with Gasteiger partial charge >= 0.3 is 0 Å². The molecule has 0 radical (unpaired) electrons. The summed E-state index contributed by atoms with van der Waals surface area (Å²) in [6, 6.07) is 22.3. The van der Waals surface area contributed by atoms with Gasteiger partial charge < -0.3 is 34.3 Å². The van der Waals surface area contributed by atoms with Gasteiger partial charge in [-0.2, -0.15) is 4.98 Å². The monoisotopic (exact) mass is 1000 g/mol. The molecule has 3 N–H and O–H groups in total. The predicted molar refractivity (Wildman–Crippen MR) is 274 cm³/mol. The number of carbonyl (C=O) groups is 1. The molecule has 1 spiro atoms. The van der Waals surface area contributed by atoms with Gasteiger partial charge in [-0.25, -0.2) is 17.5 Å². The van der Waals surface area contributed by atoms with Crippen molar-refractivity contribution in [2.24, 2.45) is 5.41 Å². The van der Waals surface area contributed by atoms with Gasteiger partial charge in [0.2, 0.25) is 5.88 Å². The average molecular weight is 1010 g/mol. The van der Waals surface area contributed by atoms with Gasteiger partial charge in [0.05, 0.1) is 45.9 Å². The number of benzene rings is 3. The third kappa shape index (κ3) is 8.95. The van der Waals surface area contributed by atoms with Crippen molar-refractivity contribution in [3.8, 4) is 5.88 Å². The van der Waals surface area contributed by atoms with E-state index >= 15 is 4.39 Å². The molecule has 382 valence electrons. The number of nitrogens with one attached hydrogen (secondary N) is 3. The molecule has 18 heteroatoms. The first-order valence-electron chi connectivity index (χ1n) is 25.6. The van der Waals surface area contributed by atoms with Crippen LogP contribution in [-0.4, -0.2) is 110 Å². The van der Waals surface area contributed by atoms with E-state index in [-0.39, 0.29) is 48.7 Å². The van der Waals surface area contributed by atoms with Crippen LogP contribution < -0.4 is 24.6 Å². The summed E-state index contributed by atoms with van der Waals surface area (Å²) in [4.78, 5) is 40.9. The van der Waals surface area contributed by atoms with Crippen LogP contribution in [0.15, 0.2) is 83.9 Å². The van der Waals surface area contributed by atoms with Gasteiger partial charge in [0.25, 0.3) is 21.6 Å². The first-order valence-corrected chi connectivity index (χ1v) is 27.1. The molecule has 2 saturated carbocycles. The van der Waals surface area contributed by atoms with Gasteiger partial charge in [0.1, 0.15) is 28.8 Å². The highest BCUT2D eigenvalue weighted by atomic mass is 32.2. The van der Waals surface area contributed by atoms with Crippen molar-refractivity contribution in [2.45, 2.75) is 131 Å². The number of fused-ring (bicyclic) bond motifs is 3. The van der Waals surface area contributed by atoms with E-state index in [0.29, 0.717) is 60.4 Å². The fraction of sp³-hybridized carbons (Fsp3) is 0.519. The van der Waals surface area contributed by atoms with Crippen LogP contribution in [0, 0.1) is 15.5 Å². The van der Waals surface area contributed by atoms with Crippen molar-refractivity contribution in [1.29, 1.82) is 0 Å². The zero-order valence-electron chi connectivity index (χ0n) is 41.5. The van der Waals surface area contributed by atoms with Crippen LogP contribution >= 0.6 is 0 Å². The molecule has 0 unspecified atom stereocenters. The minimum absolute atomic E-state index is 0.0334. The number of nitrogens with zero attached hydrogens (tertiary/aromatic N) is 5. The number of amides is 1. The summed E-state index contributed by atoms with van der Waals surface area (Å²) >= 11 is 0. The Labute approximate surface area is 420 Å². The Morgan fingerprint density at radius 2 is 1.76 bits per heavy atom. The van der Waals surface area contributed by atoms with Crippen LogP contribution in [0.3, 0.4) is 0 Å². The molecule has 72 heavy (non-hydrogen) atoms. The van der Waals surface area contributed by atoms with E-state index in [0.717, 1.165) is 49.6 Å². The van der Waals surface area contributed by atoms with E-state index in [1.807, 2.05) is 36.1 Å². The summed E-state index contributed by atoms with van der Waals surface area (Å²) in [6.45, 7) is 9.68. The standard InChI is InChI=1S/C54H65FN8O8S/c1-34(2)39-8-5-6-9-40(39)43-10-7-23-61(43)37-29-53(30-37)20-24-60(25-21-53)36-11-13-41(44(27-36)62-46-26-35-15-22-56-49(35)58-51(46)71-48-32-70-31-47(48)62)50(64)59-72(67,68)38-12-14-42(45(28-38)63(65)66)57-33-54(55)18-16-52(3,69-4)17-19-54/h5-6,8-9,11-15,22,26-28,34,37,43,47-48,57H,7,10,16-21,23-25,29-33H2,1-4H3,(H,56,58)(H,59,64)/t43-,47+,48+,52?,54?/m0/s1. The lowest BCUT2D eigenvalue weighted by Gasteiger charge is -2.56. The highest BCUT2D eigenvalue weighted by Gasteiger charge is 2.51. The Kier molecular flexibility index (Phi) is 12.5. The smallest absolute Gasteiger partial charge is 0.293 e. The molecule has 5 aromatic rings. The van der Waals surface area contributed by atoms with E-state index in [1.54, 1.807) is 19.4 Å². The maximum Gasteiger partial charge on any atom is 0.293 e. The second kappa shape index (κ2) is 18.6. The highest BCUT2D eigenvalue weighted by Crippen LogP contribution is 2.55. The molecule has 1 amide bonds. The van der Waals surface area contributed by atoms with Crippen LogP contribution in [0.5, 0.6) is 5.88 Å². The number of sulfonamides is 1. The number of carbonyl (C=O) groups excluding carboxylic acids is 1. The quantitative estimate of drug-likeness (QED) is 0.0749. The van der Waals surface area contributed by atoms with Crippen molar-refractivity contribution < 1.29 is 36.7 Å². The summed E-state index contributed by atoms with van der Waals surface area (Å²) in [5, 5.41) is 16.1. The number of aromatic nitrogens is 2. The number of likely N-dealkylation sites (tertiary alicyclic amines) is 1. The molecule has 2 aromatic heterocycles. The Morgan fingerprint density at radius 1 is 0.986 bits per heavy atom. The number of H-pyrrole nitrogens is 1. The number of hydrogen-bond donors (Lipinski definition) is 3. The SMILES string of the molecule is COC1(C)CCC(F)(CNc2ccc(S(=O)(=O)NC(=O)c3ccc(N4CCC5(CC4)CC(N4CCC[C@H]4c4ccccc4C(C)C)C5)cc3N3c4cc5cc[nH]c5nc4O[C@@H]4COC[C@H]43)cc2[N+](=O)[O-])CC1. The summed E-state index contributed by atoms with van der Waals surface area (Å²) in [5.74, 6) is -0.0899. The molecule has 3 aromatic carbocycles. The van der Waals surface area contributed by atoms with Gasteiger partial charge in [0, 0.05) is 62.2 Å². The topological polar surface area (TPSA) is 184 Å². The fourth-order valence-electron chi connectivity index (χ4n) is 12.6. The number of aromatic amines is 1. The maximum absolute atomic E-state index is 15.9. The molecule has 3 saturated heterocycles. The molecule has 16 nitrogen and oxygen atoms in total. The van der Waals surface area contributed by atoms with Crippen LogP contribution in [0.1, 0.15) is 118 Å². The molecule has 2 aliphatic carbocycles. The summed E-state index contributed by atoms with van der Waals surface area (Å²) in [5.41, 5.74) is 3.20. The van der Waals surface area contributed by atoms with Crippen molar-refractivity contribution in [3.63, 3.8) is 0 Å². The fourth-order valence-corrected chi connectivity index (χ4v) is 13.6. The predicted octanol–water partition coefficient (Wildman–Crippen LogP) is 9.70. The molecular weight excluding hydrogens is 940 g/mol. The largest absolute Gasteiger partial charge is 0.468 e. The van der Waals surface area contributed by atoms with Crippen LogP contribution in [-0.2, 0) is 19.5 Å². The molecular formula is C54H65FN8O8S. The van der Waals surface area contributed by atoms with Crippen LogP contribution in [0.2, 0.25) is 0 Å². The Morgan fingerprint density at radius 3 is 2.51 bits per heavy atom.